The van der Waals surface area contributed by atoms with Gasteiger partial charge < -0.3 is 10.1 Å². The maximum Gasteiger partial charge on any atom is 0.257 e. The Bertz CT molecular complexity index is 789. The van der Waals surface area contributed by atoms with E-state index >= 15 is 0 Å². The van der Waals surface area contributed by atoms with E-state index in [-0.39, 0.29) is 10.8 Å². The Labute approximate surface area is 166 Å². The Morgan fingerprint density at radius 3 is 2.71 bits per heavy atom. The van der Waals surface area contributed by atoms with E-state index in [2.05, 4.69) is 26.6 Å². The molecule has 2 N–H and O–H groups in total. The van der Waals surface area contributed by atoms with Crippen LogP contribution in [0.25, 0.3) is 0 Å². The third kappa shape index (κ3) is 5.12. The molecule has 0 atom stereocenters. The summed E-state index contributed by atoms with van der Waals surface area (Å²) in [6, 6.07) is 9.62. The normalized spacial score (nSPS) is 10.2. The van der Waals surface area contributed by atoms with E-state index < -0.39 is 11.7 Å². The summed E-state index contributed by atoms with van der Waals surface area (Å²) in [7, 11) is 0. The van der Waals surface area contributed by atoms with E-state index in [9.17, 15) is 9.18 Å². The molecule has 0 radical (unpaired) electrons. The second-order valence-corrected chi connectivity index (χ2v) is 7.12. The minimum atomic E-state index is -0.442. The largest absolute Gasteiger partial charge is 0.493 e. The van der Waals surface area contributed by atoms with Crippen LogP contribution in [0, 0.1) is 9.39 Å². The molecule has 0 saturated carbocycles. The Kier molecular flexibility index (Phi) is 6.93. The minimum absolute atomic E-state index is 0.0186. The topological polar surface area (TPSA) is 50.4 Å². The fraction of sp³-hybridized carbons (Fsp3) is 0.125. The smallest absolute Gasteiger partial charge is 0.257 e. The first-order valence-corrected chi connectivity index (χ1v) is 9.18. The van der Waals surface area contributed by atoms with Crippen LogP contribution in [0.5, 0.6) is 5.75 Å². The maximum absolute atomic E-state index is 13.8. The van der Waals surface area contributed by atoms with Crippen LogP contribution in [0.1, 0.15) is 17.3 Å². The summed E-state index contributed by atoms with van der Waals surface area (Å²) in [5, 5.41) is 5.20. The lowest BCUT2D eigenvalue weighted by Crippen LogP contribution is -2.34. The van der Waals surface area contributed by atoms with Crippen molar-refractivity contribution in [3.63, 3.8) is 0 Å². The first-order valence-electron chi connectivity index (χ1n) is 6.90. The molecule has 2 aromatic rings. The average molecular weight is 523 g/mol. The molecule has 24 heavy (non-hydrogen) atoms. The third-order valence-electron chi connectivity index (χ3n) is 2.90. The molecule has 0 bridgehead atoms. The van der Waals surface area contributed by atoms with Gasteiger partial charge in [-0.3, -0.25) is 10.1 Å². The molecule has 8 heteroatoms. The summed E-state index contributed by atoms with van der Waals surface area (Å²) < 4.78 is 20.6. The van der Waals surface area contributed by atoms with Crippen LogP contribution in [0.2, 0.25) is 0 Å². The van der Waals surface area contributed by atoms with Crippen LogP contribution >= 0.6 is 50.7 Å². The highest BCUT2D eigenvalue weighted by atomic mass is 127. The van der Waals surface area contributed by atoms with Gasteiger partial charge in [-0.2, -0.15) is 0 Å². The summed E-state index contributed by atoms with van der Waals surface area (Å²) >= 11 is 10.4. The predicted octanol–water partition coefficient (Wildman–Crippen LogP) is 4.72. The quantitative estimate of drug-likeness (QED) is 0.450. The predicted molar refractivity (Wildman–Crippen MR) is 108 cm³/mol. The van der Waals surface area contributed by atoms with Crippen LogP contribution < -0.4 is 15.4 Å². The molecule has 2 rings (SSSR count). The van der Waals surface area contributed by atoms with Crippen LogP contribution in [-0.4, -0.2) is 17.6 Å². The van der Waals surface area contributed by atoms with Crippen molar-refractivity contribution in [2.45, 2.75) is 6.92 Å². The number of amides is 1. The lowest BCUT2D eigenvalue weighted by atomic mass is 10.2. The highest BCUT2D eigenvalue weighted by molar-refractivity contribution is 14.1. The van der Waals surface area contributed by atoms with Gasteiger partial charge in [0, 0.05) is 9.13 Å². The molecule has 0 unspecified atom stereocenters. The number of thiocarbonyl (C=S) groups is 1. The van der Waals surface area contributed by atoms with Gasteiger partial charge in [0.15, 0.2) is 5.11 Å². The number of halogens is 3. The minimum Gasteiger partial charge on any atom is -0.493 e. The Morgan fingerprint density at radius 1 is 1.33 bits per heavy atom. The highest BCUT2D eigenvalue weighted by Crippen LogP contribution is 2.26. The molecular formula is C16H13BrFIN2O2S. The summed E-state index contributed by atoms with van der Waals surface area (Å²) in [4.78, 5) is 12.2. The van der Waals surface area contributed by atoms with Gasteiger partial charge in [0.25, 0.3) is 5.91 Å². The molecule has 0 saturated heterocycles. The van der Waals surface area contributed by atoms with Gasteiger partial charge in [0.1, 0.15) is 11.6 Å². The number of hydrogen-bond acceptors (Lipinski definition) is 3. The molecule has 4 nitrogen and oxygen atoms in total. The van der Waals surface area contributed by atoms with Gasteiger partial charge in [0.05, 0.1) is 16.8 Å². The third-order valence-corrected chi connectivity index (χ3v) is 4.40. The van der Waals surface area contributed by atoms with E-state index in [4.69, 9.17) is 17.0 Å². The number of rotatable bonds is 4. The van der Waals surface area contributed by atoms with Gasteiger partial charge in [-0.1, -0.05) is 0 Å². The second kappa shape index (κ2) is 8.72. The Hall–Kier alpha value is -1.26. The first kappa shape index (κ1) is 19.1. The molecule has 126 valence electrons. The lowest BCUT2D eigenvalue weighted by molar-refractivity contribution is 0.0977. The van der Waals surface area contributed by atoms with E-state index in [1.165, 1.54) is 6.07 Å². The van der Waals surface area contributed by atoms with E-state index in [1.807, 2.05) is 29.5 Å². The summed E-state index contributed by atoms with van der Waals surface area (Å²) in [5.74, 6) is -0.194. The number of carbonyl (C=O) groups is 1. The number of hydrogen-bond donors (Lipinski definition) is 2. The van der Waals surface area contributed by atoms with Crippen LogP contribution in [0.15, 0.2) is 40.9 Å². The van der Waals surface area contributed by atoms with Crippen molar-refractivity contribution in [1.29, 1.82) is 0 Å². The van der Waals surface area contributed by atoms with Crippen molar-refractivity contribution < 1.29 is 13.9 Å². The zero-order valence-electron chi connectivity index (χ0n) is 12.5. The van der Waals surface area contributed by atoms with Gasteiger partial charge in [0.2, 0.25) is 0 Å². The monoisotopic (exact) mass is 522 g/mol. The van der Waals surface area contributed by atoms with Gasteiger partial charge in [-0.15, -0.1) is 0 Å². The Morgan fingerprint density at radius 2 is 2.08 bits per heavy atom. The van der Waals surface area contributed by atoms with Crippen LogP contribution in [0.3, 0.4) is 0 Å². The summed E-state index contributed by atoms with van der Waals surface area (Å²) in [6.07, 6.45) is 0. The molecule has 0 spiro atoms. The SMILES string of the molecule is CCOc1ccc(C(=O)NC(=S)Nc2ccc(I)cc2F)cc1Br. The van der Waals surface area contributed by atoms with Crippen LogP contribution in [-0.2, 0) is 0 Å². The van der Waals surface area contributed by atoms with E-state index in [0.29, 0.717) is 22.4 Å². The number of nitrogens with one attached hydrogen (secondary N) is 2. The van der Waals surface area contributed by atoms with Crippen molar-refractivity contribution in [1.82, 2.24) is 5.32 Å². The fourth-order valence-corrected chi connectivity index (χ4v) is 2.98. The summed E-state index contributed by atoms with van der Waals surface area (Å²) in [6.45, 7) is 2.40. The maximum atomic E-state index is 13.8. The first-order chi connectivity index (χ1) is 11.4. The van der Waals surface area contributed by atoms with E-state index in [1.54, 1.807) is 30.3 Å². The molecule has 0 aliphatic rings. The van der Waals surface area contributed by atoms with Crippen LogP contribution in [0.4, 0.5) is 10.1 Å². The highest BCUT2D eigenvalue weighted by Gasteiger charge is 2.12. The van der Waals surface area contributed by atoms with Crippen molar-refractivity contribution >= 4 is 67.4 Å². The fourth-order valence-electron chi connectivity index (χ4n) is 1.83. The number of benzene rings is 2. The lowest BCUT2D eigenvalue weighted by Gasteiger charge is -2.11. The van der Waals surface area contributed by atoms with Crippen molar-refractivity contribution in [3.05, 3.63) is 55.8 Å². The molecule has 0 heterocycles. The van der Waals surface area contributed by atoms with Crippen molar-refractivity contribution in [2.24, 2.45) is 0 Å². The number of carbonyl (C=O) groups excluding carboxylic acids is 1. The molecule has 0 aromatic heterocycles. The molecule has 1 amide bonds. The molecular weight excluding hydrogens is 510 g/mol. The van der Waals surface area contributed by atoms with Gasteiger partial charge >= 0.3 is 0 Å². The van der Waals surface area contributed by atoms with Crippen molar-refractivity contribution in [3.8, 4) is 5.75 Å². The van der Waals surface area contributed by atoms with Gasteiger partial charge in [-0.05, 0) is 94.1 Å². The zero-order chi connectivity index (χ0) is 17.7. The van der Waals surface area contributed by atoms with E-state index in [0.717, 1.165) is 3.57 Å². The number of anilines is 1. The van der Waals surface area contributed by atoms with Crippen molar-refractivity contribution in [2.75, 3.05) is 11.9 Å². The molecule has 2 aromatic carbocycles. The number of ether oxygens (including phenoxy) is 1. The Balaban J connectivity index is 2.03. The standard InChI is InChI=1S/C16H13BrFIN2O2S/c1-2-23-14-6-3-9(7-11(14)17)15(22)21-16(24)20-13-5-4-10(19)8-12(13)18/h3-8H,2H2,1H3,(H2,20,21,22,24). The summed E-state index contributed by atoms with van der Waals surface area (Å²) in [5.41, 5.74) is 0.603. The molecule has 0 fully saturated rings. The molecule has 0 aliphatic heterocycles. The zero-order valence-corrected chi connectivity index (χ0v) is 17.1. The molecule has 0 aliphatic carbocycles. The second-order valence-electron chi connectivity index (χ2n) is 4.61. The van der Waals surface area contributed by atoms with Gasteiger partial charge in [-0.25, -0.2) is 4.39 Å². The average Bonchev–Trinajstić information content (AvgIpc) is 2.52.